The highest BCUT2D eigenvalue weighted by atomic mass is 16.7. The smallest absolute Gasteiger partial charge is 0.261 e. The second kappa shape index (κ2) is 8.74. The minimum atomic E-state index is -0.885. The first-order valence-electron chi connectivity index (χ1n) is 10.5. The molecule has 0 bridgehead atoms. The Morgan fingerprint density at radius 3 is 2.61 bits per heavy atom. The lowest BCUT2D eigenvalue weighted by molar-refractivity contribution is -0.140. The molecule has 8 heteroatoms. The summed E-state index contributed by atoms with van der Waals surface area (Å²) >= 11 is 0. The van der Waals surface area contributed by atoms with E-state index >= 15 is 0 Å². The number of fused-ring (bicyclic) bond motifs is 2. The van der Waals surface area contributed by atoms with Gasteiger partial charge < -0.3 is 29.2 Å². The molecule has 0 aliphatic carbocycles. The summed E-state index contributed by atoms with van der Waals surface area (Å²) in [7, 11) is 1.58. The summed E-state index contributed by atoms with van der Waals surface area (Å²) in [6.45, 7) is 0.206. The van der Waals surface area contributed by atoms with Crippen LogP contribution < -0.4 is 24.3 Å². The van der Waals surface area contributed by atoms with Crippen molar-refractivity contribution >= 4 is 17.5 Å². The fraction of sp³-hybridized carbons (Fsp3) is 0.200. The fourth-order valence-electron chi connectivity index (χ4n) is 3.96. The molecule has 33 heavy (non-hydrogen) atoms. The Balaban J connectivity index is 1.49. The normalized spacial score (nSPS) is 16.5. The average molecular weight is 446 g/mol. The Morgan fingerprint density at radius 2 is 1.79 bits per heavy atom. The molecule has 0 radical (unpaired) electrons. The average Bonchev–Trinajstić information content (AvgIpc) is 3.26. The maximum atomic E-state index is 13.5. The first-order valence-corrected chi connectivity index (χ1v) is 10.5. The minimum absolute atomic E-state index is 0.159. The van der Waals surface area contributed by atoms with Gasteiger partial charge in [0.25, 0.3) is 11.8 Å². The minimum Gasteiger partial charge on any atom is -0.497 e. The van der Waals surface area contributed by atoms with Gasteiger partial charge in [0.15, 0.2) is 18.1 Å². The predicted octanol–water partition coefficient (Wildman–Crippen LogP) is 3.52. The second-order valence-corrected chi connectivity index (χ2v) is 7.66. The van der Waals surface area contributed by atoms with Crippen LogP contribution in [0.3, 0.4) is 0 Å². The van der Waals surface area contributed by atoms with Crippen LogP contribution in [-0.2, 0) is 16.1 Å². The molecule has 8 nitrogen and oxygen atoms in total. The Kier molecular flexibility index (Phi) is 5.48. The van der Waals surface area contributed by atoms with Crippen LogP contribution in [0.25, 0.3) is 0 Å². The van der Waals surface area contributed by atoms with E-state index in [0.29, 0.717) is 34.2 Å². The van der Waals surface area contributed by atoms with Gasteiger partial charge in [0.2, 0.25) is 6.79 Å². The number of methoxy groups -OCH3 is 1. The van der Waals surface area contributed by atoms with Gasteiger partial charge in [-0.15, -0.1) is 0 Å². The predicted molar refractivity (Wildman–Crippen MR) is 119 cm³/mol. The summed E-state index contributed by atoms with van der Waals surface area (Å²) in [4.78, 5) is 28.2. The lowest BCUT2D eigenvalue weighted by Gasteiger charge is -2.29. The molecule has 168 valence electrons. The highest BCUT2D eigenvalue weighted by molar-refractivity contribution is 5.99. The van der Waals surface area contributed by atoms with Crippen molar-refractivity contribution in [1.82, 2.24) is 4.90 Å². The zero-order chi connectivity index (χ0) is 22.8. The van der Waals surface area contributed by atoms with Crippen LogP contribution in [0.4, 0.5) is 5.69 Å². The Morgan fingerprint density at radius 1 is 1.00 bits per heavy atom. The van der Waals surface area contributed by atoms with Crippen LogP contribution in [0.15, 0.2) is 66.7 Å². The summed E-state index contributed by atoms with van der Waals surface area (Å²) in [6.07, 6.45) is 0. The monoisotopic (exact) mass is 446 g/mol. The number of hydrogen-bond donors (Lipinski definition) is 1. The van der Waals surface area contributed by atoms with Crippen LogP contribution in [0.2, 0.25) is 0 Å². The molecule has 3 aromatic carbocycles. The third-order valence-corrected chi connectivity index (χ3v) is 5.59. The number of carbonyl (C=O) groups excluding carboxylic acids is 2. The molecule has 1 N–H and O–H groups in total. The zero-order valence-corrected chi connectivity index (χ0v) is 17.9. The van der Waals surface area contributed by atoms with E-state index in [9.17, 15) is 9.59 Å². The van der Waals surface area contributed by atoms with Gasteiger partial charge in [0.05, 0.1) is 7.11 Å². The van der Waals surface area contributed by atoms with Crippen molar-refractivity contribution in [2.24, 2.45) is 0 Å². The third-order valence-electron chi connectivity index (χ3n) is 5.59. The fourth-order valence-corrected chi connectivity index (χ4v) is 3.96. The number of ether oxygens (including phenoxy) is 4. The number of para-hydroxylation sites is 1. The maximum absolute atomic E-state index is 13.5. The van der Waals surface area contributed by atoms with Gasteiger partial charge in [0, 0.05) is 17.8 Å². The van der Waals surface area contributed by atoms with E-state index in [0.717, 1.165) is 5.56 Å². The molecular formula is C25H22N2O6. The SMILES string of the molecule is COc1ccc(NC(=O)C2c3ccccc3OCC(=O)N2Cc2ccc3c(c2)OCO3)cc1. The van der Waals surface area contributed by atoms with Crippen molar-refractivity contribution in [3.8, 4) is 23.0 Å². The van der Waals surface area contributed by atoms with Gasteiger partial charge in [-0.2, -0.15) is 0 Å². The van der Waals surface area contributed by atoms with Crippen LogP contribution in [0.5, 0.6) is 23.0 Å². The van der Waals surface area contributed by atoms with Gasteiger partial charge in [-0.3, -0.25) is 9.59 Å². The van der Waals surface area contributed by atoms with E-state index in [1.165, 1.54) is 4.90 Å². The Labute approximate surface area is 190 Å². The van der Waals surface area contributed by atoms with Gasteiger partial charge in [-0.25, -0.2) is 0 Å². The van der Waals surface area contributed by atoms with Crippen molar-refractivity contribution in [3.63, 3.8) is 0 Å². The van der Waals surface area contributed by atoms with Gasteiger partial charge in [-0.1, -0.05) is 24.3 Å². The molecular weight excluding hydrogens is 424 g/mol. The molecule has 1 atom stereocenters. The van der Waals surface area contributed by atoms with Crippen LogP contribution in [0, 0.1) is 0 Å². The molecule has 2 amide bonds. The highest BCUT2D eigenvalue weighted by Crippen LogP contribution is 2.37. The number of amides is 2. The molecule has 0 spiro atoms. The topological polar surface area (TPSA) is 86.3 Å². The van der Waals surface area contributed by atoms with E-state index in [4.69, 9.17) is 18.9 Å². The van der Waals surface area contributed by atoms with E-state index in [1.54, 1.807) is 49.6 Å². The lowest BCUT2D eigenvalue weighted by Crippen LogP contribution is -2.41. The maximum Gasteiger partial charge on any atom is 0.261 e. The molecule has 0 saturated carbocycles. The second-order valence-electron chi connectivity index (χ2n) is 7.66. The van der Waals surface area contributed by atoms with E-state index in [-0.39, 0.29) is 31.8 Å². The van der Waals surface area contributed by atoms with Gasteiger partial charge in [-0.05, 0) is 48.0 Å². The Hall–Kier alpha value is -4.20. The first kappa shape index (κ1) is 20.7. The molecule has 2 heterocycles. The third kappa shape index (κ3) is 4.15. The molecule has 0 aromatic heterocycles. The number of carbonyl (C=O) groups is 2. The van der Waals surface area contributed by atoms with Crippen LogP contribution in [0.1, 0.15) is 17.2 Å². The van der Waals surface area contributed by atoms with Gasteiger partial charge >= 0.3 is 0 Å². The van der Waals surface area contributed by atoms with Crippen LogP contribution >= 0.6 is 0 Å². The molecule has 0 saturated heterocycles. The van der Waals surface area contributed by atoms with Crippen LogP contribution in [-0.4, -0.2) is 37.2 Å². The molecule has 3 aromatic rings. The molecule has 1 unspecified atom stereocenters. The largest absolute Gasteiger partial charge is 0.497 e. The summed E-state index contributed by atoms with van der Waals surface area (Å²) in [5.41, 5.74) is 2.03. The molecule has 2 aliphatic heterocycles. The van der Waals surface area contributed by atoms with Crippen molar-refractivity contribution in [3.05, 3.63) is 77.9 Å². The number of hydrogen-bond acceptors (Lipinski definition) is 6. The number of benzene rings is 3. The first-order chi connectivity index (χ1) is 16.1. The van der Waals surface area contributed by atoms with Crippen molar-refractivity contribution < 1.29 is 28.5 Å². The van der Waals surface area contributed by atoms with Crippen molar-refractivity contribution in [2.45, 2.75) is 12.6 Å². The quantitative estimate of drug-likeness (QED) is 0.645. The number of rotatable bonds is 5. The Bertz CT molecular complexity index is 1190. The molecule has 0 fully saturated rings. The zero-order valence-electron chi connectivity index (χ0n) is 17.9. The summed E-state index contributed by atoms with van der Waals surface area (Å²) in [6, 6.07) is 18.8. The number of nitrogens with zero attached hydrogens (tertiary/aromatic N) is 1. The summed E-state index contributed by atoms with van der Waals surface area (Å²) < 4.78 is 21.8. The number of nitrogens with one attached hydrogen (secondary N) is 1. The summed E-state index contributed by atoms with van der Waals surface area (Å²) in [5.74, 6) is 1.83. The van der Waals surface area contributed by atoms with Crippen molar-refractivity contribution in [2.75, 3.05) is 25.8 Å². The van der Waals surface area contributed by atoms with Gasteiger partial charge in [0.1, 0.15) is 17.5 Å². The highest BCUT2D eigenvalue weighted by Gasteiger charge is 2.36. The van der Waals surface area contributed by atoms with E-state index in [2.05, 4.69) is 5.32 Å². The van der Waals surface area contributed by atoms with E-state index in [1.807, 2.05) is 24.3 Å². The molecule has 2 aliphatic rings. The van der Waals surface area contributed by atoms with Crippen molar-refractivity contribution in [1.29, 1.82) is 0 Å². The van der Waals surface area contributed by atoms with E-state index < -0.39 is 6.04 Å². The standard InChI is InChI=1S/C25H22N2O6/c1-30-18-9-7-17(8-10-18)26-25(29)24-19-4-2-3-5-20(19)31-14-23(28)27(24)13-16-6-11-21-22(12-16)33-15-32-21/h2-12,24H,13-15H2,1H3,(H,26,29). The number of anilines is 1. The lowest BCUT2D eigenvalue weighted by atomic mass is 10.0. The summed E-state index contributed by atoms with van der Waals surface area (Å²) in [5, 5.41) is 2.92. The molecule has 5 rings (SSSR count).